The first-order valence-electron chi connectivity index (χ1n) is 5.82. The van der Waals surface area contributed by atoms with E-state index in [1.807, 2.05) is 6.07 Å². The van der Waals surface area contributed by atoms with Crippen LogP contribution in [0.3, 0.4) is 0 Å². The van der Waals surface area contributed by atoms with E-state index in [4.69, 9.17) is 4.74 Å². The third-order valence-corrected chi connectivity index (χ3v) is 2.78. The monoisotopic (exact) mass is 240 g/mol. The van der Waals surface area contributed by atoms with E-state index in [-0.39, 0.29) is 5.82 Å². The van der Waals surface area contributed by atoms with Crippen molar-refractivity contribution in [3.8, 4) is 0 Å². The Bertz CT molecular complexity index is 333. The number of nitrogens with one attached hydrogen (secondary N) is 1. The number of benzene rings is 1. The van der Waals surface area contributed by atoms with E-state index in [0.29, 0.717) is 6.04 Å². The van der Waals surface area contributed by atoms with Crippen molar-refractivity contribution in [1.29, 1.82) is 0 Å². The summed E-state index contributed by atoms with van der Waals surface area (Å²) in [6, 6.07) is 6.89. The van der Waals surface area contributed by atoms with E-state index in [0.717, 1.165) is 25.4 Å². The van der Waals surface area contributed by atoms with Gasteiger partial charge in [0.1, 0.15) is 5.82 Å². The van der Waals surface area contributed by atoms with Crippen molar-refractivity contribution in [1.82, 2.24) is 4.90 Å². The van der Waals surface area contributed by atoms with Crippen molar-refractivity contribution in [2.24, 2.45) is 0 Å². The van der Waals surface area contributed by atoms with Gasteiger partial charge in [-0.1, -0.05) is 6.07 Å². The molecule has 0 radical (unpaired) electrons. The zero-order valence-corrected chi connectivity index (χ0v) is 10.7. The van der Waals surface area contributed by atoms with Crippen LogP contribution in [0.5, 0.6) is 0 Å². The topological polar surface area (TPSA) is 24.5 Å². The summed E-state index contributed by atoms with van der Waals surface area (Å²) >= 11 is 0. The second-order valence-electron chi connectivity index (χ2n) is 4.22. The van der Waals surface area contributed by atoms with Crippen molar-refractivity contribution in [2.75, 3.05) is 39.2 Å². The molecular formula is C13H21FN2O. The summed E-state index contributed by atoms with van der Waals surface area (Å²) in [7, 11) is 3.76. The Balaban J connectivity index is 2.28. The highest BCUT2D eigenvalue weighted by Gasteiger charge is 2.07. The first kappa shape index (κ1) is 13.9. The molecule has 0 fully saturated rings. The Kier molecular flexibility index (Phi) is 5.94. The molecular weight excluding hydrogens is 219 g/mol. The summed E-state index contributed by atoms with van der Waals surface area (Å²) in [4.78, 5) is 2.20. The van der Waals surface area contributed by atoms with Gasteiger partial charge in [-0.3, -0.25) is 4.90 Å². The number of rotatable bonds is 7. The molecule has 0 aliphatic heterocycles. The van der Waals surface area contributed by atoms with Gasteiger partial charge in [0.25, 0.3) is 0 Å². The van der Waals surface area contributed by atoms with Gasteiger partial charge >= 0.3 is 0 Å². The Morgan fingerprint density at radius 1 is 1.47 bits per heavy atom. The van der Waals surface area contributed by atoms with Gasteiger partial charge in [-0.2, -0.15) is 0 Å². The standard InChI is InChI=1S/C13H21FN2O/c1-11(10-17-3)16(2)8-7-15-13-6-4-5-12(14)9-13/h4-6,9,11,15H,7-8,10H2,1-3H3. The SMILES string of the molecule is COCC(C)N(C)CCNc1cccc(F)c1. The third kappa shape index (κ3) is 5.15. The Morgan fingerprint density at radius 2 is 2.24 bits per heavy atom. The fourth-order valence-corrected chi connectivity index (χ4v) is 1.56. The zero-order valence-electron chi connectivity index (χ0n) is 10.7. The number of hydrogen-bond acceptors (Lipinski definition) is 3. The number of nitrogens with zero attached hydrogens (tertiary/aromatic N) is 1. The van der Waals surface area contributed by atoms with Gasteiger partial charge in [0.15, 0.2) is 0 Å². The molecule has 0 aromatic heterocycles. The van der Waals surface area contributed by atoms with Crippen LogP contribution in [-0.2, 0) is 4.74 Å². The highest BCUT2D eigenvalue weighted by Crippen LogP contribution is 2.08. The molecule has 1 unspecified atom stereocenters. The number of hydrogen-bond donors (Lipinski definition) is 1. The molecule has 1 N–H and O–H groups in total. The van der Waals surface area contributed by atoms with Crippen molar-refractivity contribution in [3.63, 3.8) is 0 Å². The molecule has 1 atom stereocenters. The summed E-state index contributed by atoms with van der Waals surface area (Å²) in [6.45, 7) is 4.51. The normalized spacial score (nSPS) is 12.8. The lowest BCUT2D eigenvalue weighted by molar-refractivity contribution is 0.118. The minimum Gasteiger partial charge on any atom is -0.384 e. The summed E-state index contributed by atoms with van der Waals surface area (Å²) in [5.74, 6) is -0.212. The minimum absolute atomic E-state index is 0.212. The van der Waals surface area contributed by atoms with Gasteiger partial charge in [0.05, 0.1) is 6.61 Å². The maximum atomic E-state index is 12.9. The number of anilines is 1. The lowest BCUT2D eigenvalue weighted by Gasteiger charge is -2.24. The lowest BCUT2D eigenvalue weighted by Crippen LogP contribution is -2.36. The van der Waals surface area contributed by atoms with Crippen LogP contribution in [0.1, 0.15) is 6.92 Å². The average molecular weight is 240 g/mol. The molecule has 0 saturated heterocycles. The van der Waals surface area contributed by atoms with Crippen LogP contribution in [0.15, 0.2) is 24.3 Å². The van der Waals surface area contributed by atoms with Crippen LogP contribution in [0.25, 0.3) is 0 Å². The molecule has 1 aromatic rings. The van der Waals surface area contributed by atoms with Gasteiger partial charge in [-0.15, -0.1) is 0 Å². The van der Waals surface area contributed by atoms with E-state index < -0.39 is 0 Å². The fourth-order valence-electron chi connectivity index (χ4n) is 1.56. The predicted octanol–water partition coefficient (Wildman–Crippen LogP) is 2.20. The summed E-state index contributed by atoms with van der Waals surface area (Å²) in [5.41, 5.74) is 0.817. The fraction of sp³-hybridized carbons (Fsp3) is 0.538. The highest BCUT2D eigenvalue weighted by atomic mass is 19.1. The zero-order chi connectivity index (χ0) is 12.7. The van der Waals surface area contributed by atoms with Crippen molar-refractivity contribution in [3.05, 3.63) is 30.1 Å². The van der Waals surface area contributed by atoms with Gasteiger partial charge < -0.3 is 10.1 Å². The third-order valence-electron chi connectivity index (χ3n) is 2.78. The second kappa shape index (κ2) is 7.25. The highest BCUT2D eigenvalue weighted by molar-refractivity contribution is 5.42. The van der Waals surface area contributed by atoms with Gasteiger partial charge in [0.2, 0.25) is 0 Å². The molecule has 1 aromatic carbocycles. The quantitative estimate of drug-likeness (QED) is 0.790. The molecule has 0 spiro atoms. The molecule has 4 heteroatoms. The first-order valence-corrected chi connectivity index (χ1v) is 5.82. The van der Waals surface area contributed by atoms with E-state index in [2.05, 4.69) is 24.2 Å². The van der Waals surface area contributed by atoms with E-state index in [9.17, 15) is 4.39 Å². The van der Waals surface area contributed by atoms with Crippen molar-refractivity contribution >= 4 is 5.69 Å². The average Bonchev–Trinajstić information content (AvgIpc) is 2.29. The van der Waals surface area contributed by atoms with Crippen molar-refractivity contribution in [2.45, 2.75) is 13.0 Å². The summed E-state index contributed by atoms with van der Waals surface area (Å²) in [5, 5.41) is 3.19. The van der Waals surface area contributed by atoms with Crippen LogP contribution in [0, 0.1) is 5.82 Å². The van der Waals surface area contributed by atoms with Crippen LogP contribution in [0.2, 0.25) is 0 Å². The molecule has 0 bridgehead atoms. The van der Waals surface area contributed by atoms with Gasteiger partial charge in [-0.05, 0) is 32.2 Å². The predicted molar refractivity (Wildman–Crippen MR) is 68.9 cm³/mol. The Hall–Kier alpha value is -1.13. The molecule has 0 saturated carbocycles. The van der Waals surface area contributed by atoms with E-state index in [1.54, 1.807) is 13.2 Å². The van der Waals surface area contributed by atoms with E-state index >= 15 is 0 Å². The Labute approximate surface area is 103 Å². The largest absolute Gasteiger partial charge is 0.384 e. The summed E-state index contributed by atoms with van der Waals surface area (Å²) in [6.07, 6.45) is 0. The van der Waals surface area contributed by atoms with Crippen LogP contribution in [-0.4, -0.2) is 44.8 Å². The minimum atomic E-state index is -0.212. The van der Waals surface area contributed by atoms with Crippen LogP contribution >= 0.6 is 0 Å². The number of halogens is 1. The molecule has 1 rings (SSSR count). The maximum absolute atomic E-state index is 12.9. The molecule has 96 valence electrons. The molecule has 3 nitrogen and oxygen atoms in total. The molecule has 0 aliphatic rings. The lowest BCUT2D eigenvalue weighted by atomic mass is 10.3. The molecule has 17 heavy (non-hydrogen) atoms. The van der Waals surface area contributed by atoms with Gasteiger partial charge in [0, 0.05) is 31.9 Å². The molecule has 0 aliphatic carbocycles. The maximum Gasteiger partial charge on any atom is 0.125 e. The second-order valence-corrected chi connectivity index (χ2v) is 4.22. The first-order chi connectivity index (χ1) is 8.13. The van der Waals surface area contributed by atoms with Gasteiger partial charge in [-0.25, -0.2) is 4.39 Å². The number of likely N-dealkylation sites (N-methyl/N-ethyl adjacent to an activating group) is 1. The smallest absolute Gasteiger partial charge is 0.125 e. The molecule has 0 amide bonds. The van der Waals surface area contributed by atoms with Crippen LogP contribution in [0.4, 0.5) is 10.1 Å². The Morgan fingerprint density at radius 3 is 2.88 bits per heavy atom. The number of ether oxygens (including phenoxy) is 1. The van der Waals surface area contributed by atoms with Crippen LogP contribution < -0.4 is 5.32 Å². The molecule has 0 heterocycles. The van der Waals surface area contributed by atoms with E-state index in [1.165, 1.54) is 12.1 Å². The summed E-state index contributed by atoms with van der Waals surface area (Å²) < 4.78 is 18.0. The number of methoxy groups -OCH3 is 1. The van der Waals surface area contributed by atoms with Crippen molar-refractivity contribution < 1.29 is 9.13 Å².